The number of hydrogen-bond donors (Lipinski definition) is 0. The van der Waals surface area contributed by atoms with E-state index >= 15 is 0 Å². The summed E-state index contributed by atoms with van der Waals surface area (Å²) in [5.41, 5.74) is -0.504. The van der Waals surface area contributed by atoms with Gasteiger partial charge in [-0.3, -0.25) is 0 Å². The Bertz CT molecular complexity index is 495. The molecular formula is C15H18BrFO3. The minimum Gasteiger partial charge on any atom is -0.433 e. The second-order valence-electron chi connectivity index (χ2n) is 6.15. The summed E-state index contributed by atoms with van der Waals surface area (Å²) in [6, 6.07) is 6.05. The Balaban J connectivity index is 2.22. The van der Waals surface area contributed by atoms with Gasteiger partial charge < -0.3 is 9.47 Å². The van der Waals surface area contributed by atoms with Crippen molar-refractivity contribution in [1.82, 2.24) is 0 Å². The molecule has 20 heavy (non-hydrogen) atoms. The molecule has 2 rings (SSSR count). The van der Waals surface area contributed by atoms with Gasteiger partial charge in [-0.25, -0.2) is 9.18 Å². The van der Waals surface area contributed by atoms with Crippen molar-refractivity contribution in [3.8, 4) is 0 Å². The zero-order valence-corrected chi connectivity index (χ0v) is 13.4. The van der Waals surface area contributed by atoms with E-state index in [4.69, 9.17) is 9.47 Å². The van der Waals surface area contributed by atoms with Gasteiger partial charge in [0.05, 0.1) is 0 Å². The van der Waals surface area contributed by atoms with Crippen molar-refractivity contribution in [2.75, 3.05) is 5.33 Å². The van der Waals surface area contributed by atoms with E-state index in [1.807, 2.05) is 20.8 Å². The molecule has 0 unspecified atom stereocenters. The highest BCUT2D eigenvalue weighted by Crippen LogP contribution is 2.37. The van der Waals surface area contributed by atoms with E-state index in [1.54, 1.807) is 12.1 Å². The van der Waals surface area contributed by atoms with Crippen LogP contribution in [0.4, 0.5) is 4.39 Å². The van der Waals surface area contributed by atoms with E-state index in [1.165, 1.54) is 12.1 Å². The van der Waals surface area contributed by atoms with Gasteiger partial charge in [0.2, 0.25) is 6.29 Å². The van der Waals surface area contributed by atoms with Crippen molar-refractivity contribution in [1.29, 1.82) is 0 Å². The van der Waals surface area contributed by atoms with E-state index in [9.17, 15) is 9.18 Å². The maximum Gasteiger partial charge on any atom is 0.342 e. The average molecular weight is 345 g/mol. The highest BCUT2D eigenvalue weighted by molar-refractivity contribution is 9.09. The molecule has 1 aliphatic heterocycles. The number of rotatable bonds is 3. The molecule has 1 aromatic carbocycles. The van der Waals surface area contributed by atoms with Crippen LogP contribution in [0.2, 0.25) is 0 Å². The molecule has 1 saturated heterocycles. The molecule has 0 aliphatic carbocycles. The third-order valence-electron chi connectivity index (χ3n) is 3.24. The number of halogens is 2. The standard InChI is InChI=1S/C15H18BrFO3/c1-14(2,3)13-19-12(18)15(9-16,20-13)8-10-4-6-11(17)7-5-10/h4-7,13H,8-9H2,1-3H3/t13-,15+/m1/s1. The number of carbonyl (C=O) groups is 1. The summed E-state index contributed by atoms with van der Waals surface area (Å²) in [4.78, 5) is 12.2. The lowest BCUT2D eigenvalue weighted by molar-refractivity contribution is -0.155. The Morgan fingerprint density at radius 2 is 1.90 bits per heavy atom. The summed E-state index contributed by atoms with van der Waals surface area (Å²) < 4.78 is 24.2. The van der Waals surface area contributed by atoms with Gasteiger partial charge in [0.1, 0.15) is 5.82 Å². The Labute approximate surface area is 126 Å². The zero-order chi connectivity index (χ0) is 15.0. The summed E-state index contributed by atoms with van der Waals surface area (Å²) in [6.07, 6.45) is -0.225. The third-order valence-corrected chi connectivity index (χ3v) is 4.15. The highest BCUT2D eigenvalue weighted by Gasteiger charge is 2.52. The second-order valence-corrected chi connectivity index (χ2v) is 6.71. The predicted octanol–water partition coefficient (Wildman–Crippen LogP) is 3.45. The molecule has 1 fully saturated rings. The van der Waals surface area contributed by atoms with Crippen molar-refractivity contribution in [3.05, 3.63) is 35.6 Å². The van der Waals surface area contributed by atoms with Crippen LogP contribution in [0.25, 0.3) is 0 Å². The molecule has 0 N–H and O–H groups in total. The van der Waals surface area contributed by atoms with Crippen LogP contribution >= 0.6 is 15.9 Å². The van der Waals surface area contributed by atoms with E-state index in [-0.39, 0.29) is 17.2 Å². The van der Waals surface area contributed by atoms with Crippen LogP contribution in [0.3, 0.4) is 0 Å². The Morgan fingerprint density at radius 3 is 2.35 bits per heavy atom. The molecule has 0 saturated carbocycles. The first-order valence-corrected chi connectivity index (χ1v) is 7.58. The number of carbonyl (C=O) groups excluding carboxylic acids is 1. The molecule has 110 valence electrons. The molecule has 3 nitrogen and oxygen atoms in total. The first-order chi connectivity index (χ1) is 9.27. The van der Waals surface area contributed by atoms with Gasteiger partial charge in [0.25, 0.3) is 0 Å². The zero-order valence-electron chi connectivity index (χ0n) is 11.8. The molecule has 1 heterocycles. The monoisotopic (exact) mass is 344 g/mol. The van der Waals surface area contributed by atoms with Crippen LogP contribution in [-0.4, -0.2) is 23.2 Å². The fraction of sp³-hybridized carbons (Fsp3) is 0.533. The van der Waals surface area contributed by atoms with Gasteiger partial charge in [0, 0.05) is 17.2 Å². The van der Waals surface area contributed by atoms with E-state index in [0.717, 1.165) is 5.56 Å². The number of benzene rings is 1. The lowest BCUT2D eigenvalue weighted by atomic mass is 9.95. The molecule has 1 aliphatic rings. The van der Waals surface area contributed by atoms with Gasteiger partial charge in [-0.1, -0.05) is 48.8 Å². The molecule has 0 radical (unpaired) electrons. The minimum absolute atomic E-state index is 0.289. The summed E-state index contributed by atoms with van der Waals surface area (Å²) >= 11 is 3.34. The first-order valence-electron chi connectivity index (χ1n) is 6.46. The molecule has 0 spiro atoms. The second kappa shape index (κ2) is 5.45. The van der Waals surface area contributed by atoms with Gasteiger partial charge in [-0.15, -0.1) is 0 Å². The molecule has 0 bridgehead atoms. The molecule has 0 aromatic heterocycles. The van der Waals surface area contributed by atoms with E-state index < -0.39 is 11.9 Å². The number of cyclic esters (lactones) is 1. The van der Waals surface area contributed by atoms with Crippen molar-refractivity contribution >= 4 is 21.9 Å². The van der Waals surface area contributed by atoms with E-state index in [2.05, 4.69) is 15.9 Å². The fourth-order valence-electron chi connectivity index (χ4n) is 2.01. The van der Waals surface area contributed by atoms with E-state index in [0.29, 0.717) is 11.8 Å². The molecule has 0 amide bonds. The van der Waals surface area contributed by atoms with Crippen LogP contribution in [0.1, 0.15) is 26.3 Å². The van der Waals surface area contributed by atoms with Crippen LogP contribution in [0, 0.1) is 11.2 Å². The predicted molar refractivity (Wildman–Crippen MR) is 77.0 cm³/mol. The first kappa shape index (κ1) is 15.4. The SMILES string of the molecule is CC(C)(C)[C@@H]1OC(=O)[C@@](CBr)(Cc2ccc(F)cc2)O1. The smallest absolute Gasteiger partial charge is 0.342 e. The Kier molecular flexibility index (Phi) is 4.21. The number of hydrogen-bond acceptors (Lipinski definition) is 3. The number of ether oxygens (including phenoxy) is 2. The Hall–Kier alpha value is -0.940. The fourth-order valence-corrected chi connectivity index (χ4v) is 2.57. The lowest BCUT2D eigenvalue weighted by Gasteiger charge is -2.27. The van der Waals surface area contributed by atoms with Crippen LogP contribution in [-0.2, 0) is 20.7 Å². The van der Waals surface area contributed by atoms with Crippen LogP contribution < -0.4 is 0 Å². The van der Waals surface area contributed by atoms with Crippen molar-refractivity contribution in [2.24, 2.45) is 5.41 Å². The van der Waals surface area contributed by atoms with Crippen molar-refractivity contribution < 1.29 is 18.7 Å². The molecule has 1 aromatic rings. The minimum atomic E-state index is -1.05. The number of alkyl halides is 1. The molecule has 2 atom stereocenters. The number of esters is 1. The van der Waals surface area contributed by atoms with Gasteiger partial charge in [0.15, 0.2) is 5.60 Å². The maximum atomic E-state index is 12.9. The summed E-state index contributed by atoms with van der Waals surface area (Å²) in [6.45, 7) is 5.85. The summed E-state index contributed by atoms with van der Waals surface area (Å²) in [7, 11) is 0. The van der Waals surface area contributed by atoms with Crippen molar-refractivity contribution in [2.45, 2.75) is 39.1 Å². The molecular weight excluding hydrogens is 327 g/mol. The van der Waals surface area contributed by atoms with Gasteiger partial charge in [-0.05, 0) is 17.7 Å². The summed E-state index contributed by atoms with van der Waals surface area (Å²) in [5.74, 6) is -0.678. The average Bonchev–Trinajstić information content (AvgIpc) is 2.70. The van der Waals surface area contributed by atoms with Gasteiger partial charge in [-0.2, -0.15) is 0 Å². The maximum absolute atomic E-state index is 12.9. The summed E-state index contributed by atoms with van der Waals surface area (Å²) in [5, 5.41) is 0.336. The van der Waals surface area contributed by atoms with Crippen molar-refractivity contribution in [3.63, 3.8) is 0 Å². The van der Waals surface area contributed by atoms with Crippen LogP contribution in [0.5, 0.6) is 0 Å². The largest absolute Gasteiger partial charge is 0.433 e. The topological polar surface area (TPSA) is 35.5 Å². The quantitative estimate of drug-likeness (QED) is 0.622. The third kappa shape index (κ3) is 3.04. The normalized spacial score (nSPS) is 26.6. The highest BCUT2D eigenvalue weighted by atomic mass is 79.9. The molecule has 5 heteroatoms. The van der Waals surface area contributed by atoms with Crippen LogP contribution in [0.15, 0.2) is 24.3 Å². The van der Waals surface area contributed by atoms with Gasteiger partial charge >= 0.3 is 5.97 Å². The lowest BCUT2D eigenvalue weighted by Crippen LogP contribution is -2.41. The Morgan fingerprint density at radius 1 is 1.30 bits per heavy atom.